The zero-order valence-corrected chi connectivity index (χ0v) is 13.7. The standard InChI is InChI=1S/C18H18N4O3/c1-10-7-14(10)18(25)21-12-4-2-3-11(8-12)17(24)22-13-5-6-15(16(19)23)20-9-13/h2-6,8-10,14H,7H2,1H3,(H2,19,23)(H,21,25)(H,22,24)/t10-,14+/m1/s1. The monoisotopic (exact) mass is 338 g/mol. The molecule has 7 nitrogen and oxygen atoms in total. The van der Waals surface area contributed by atoms with Crippen LogP contribution in [-0.2, 0) is 4.79 Å². The first kappa shape index (κ1) is 16.6. The number of primary amides is 1. The Morgan fingerprint density at radius 1 is 1.12 bits per heavy atom. The molecule has 0 aliphatic heterocycles. The highest BCUT2D eigenvalue weighted by atomic mass is 16.2. The lowest BCUT2D eigenvalue weighted by Gasteiger charge is -2.08. The second-order valence-electron chi connectivity index (χ2n) is 6.14. The Hall–Kier alpha value is -3.22. The lowest BCUT2D eigenvalue weighted by atomic mass is 10.1. The van der Waals surface area contributed by atoms with Crippen molar-refractivity contribution >= 4 is 29.1 Å². The Balaban J connectivity index is 1.66. The molecular formula is C18H18N4O3. The first-order chi connectivity index (χ1) is 11.9. The highest BCUT2D eigenvalue weighted by Crippen LogP contribution is 2.38. The van der Waals surface area contributed by atoms with Crippen molar-refractivity contribution in [2.24, 2.45) is 17.6 Å². The van der Waals surface area contributed by atoms with Gasteiger partial charge in [0.2, 0.25) is 5.91 Å². The lowest BCUT2D eigenvalue weighted by molar-refractivity contribution is -0.117. The number of benzene rings is 1. The number of nitrogens with two attached hydrogens (primary N) is 1. The van der Waals surface area contributed by atoms with Crippen LogP contribution in [-0.4, -0.2) is 22.7 Å². The van der Waals surface area contributed by atoms with E-state index < -0.39 is 5.91 Å². The molecule has 1 aromatic carbocycles. The molecule has 3 amide bonds. The number of anilines is 2. The number of hydrogen-bond donors (Lipinski definition) is 3. The number of amides is 3. The van der Waals surface area contributed by atoms with Gasteiger partial charge in [0.15, 0.2) is 0 Å². The summed E-state index contributed by atoms with van der Waals surface area (Å²) in [5.41, 5.74) is 6.67. The van der Waals surface area contributed by atoms with Crippen LogP contribution >= 0.6 is 0 Å². The third-order valence-corrected chi connectivity index (χ3v) is 4.11. The molecule has 0 bridgehead atoms. The minimum absolute atomic E-state index is 0.0173. The molecule has 1 aliphatic carbocycles. The molecule has 3 rings (SSSR count). The van der Waals surface area contributed by atoms with Crippen molar-refractivity contribution < 1.29 is 14.4 Å². The number of nitrogens with one attached hydrogen (secondary N) is 2. The Kier molecular flexibility index (Phi) is 4.47. The summed E-state index contributed by atoms with van der Waals surface area (Å²) in [6.45, 7) is 2.03. The smallest absolute Gasteiger partial charge is 0.267 e. The van der Waals surface area contributed by atoms with Crippen LogP contribution in [0.5, 0.6) is 0 Å². The molecule has 7 heteroatoms. The van der Waals surface area contributed by atoms with E-state index in [0.717, 1.165) is 6.42 Å². The Morgan fingerprint density at radius 3 is 2.48 bits per heavy atom. The van der Waals surface area contributed by atoms with Gasteiger partial charge >= 0.3 is 0 Å². The minimum Gasteiger partial charge on any atom is -0.364 e. The maximum absolute atomic E-state index is 12.3. The van der Waals surface area contributed by atoms with Crippen molar-refractivity contribution in [1.29, 1.82) is 0 Å². The van der Waals surface area contributed by atoms with Crippen molar-refractivity contribution in [3.8, 4) is 0 Å². The van der Waals surface area contributed by atoms with E-state index in [2.05, 4.69) is 15.6 Å². The van der Waals surface area contributed by atoms with Crippen LogP contribution in [0.3, 0.4) is 0 Å². The van der Waals surface area contributed by atoms with Crippen molar-refractivity contribution in [2.45, 2.75) is 13.3 Å². The van der Waals surface area contributed by atoms with Crippen molar-refractivity contribution in [2.75, 3.05) is 10.6 Å². The fourth-order valence-electron chi connectivity index (χ4n) is 2.48. The van der Waals surface area contributed by atoms with Gasteiger partial charge in [-0.15, -0.1) is 0 Å². The van der Waals surface area contributed by atoms with E-state index in [1.165, 1.54) is 12.3 Å². The number of pyridine rings is 1. The molecule has 2 aromatic rings. The van der Waals surface area contributed by atoms with Crippen LogP contribution in [0.15, 0.2) is 42.6 Å². The summed E-state index contributed by atoms with van der Waals surface area (Å²) in [5, 5.41) is 5.51. The lowest BCUT2D eigenvalue weighted by Crippen LogP contribution is -2.16. The number of carbonyl (C=O) groups excluding carboxylic acids is 3. The number of carbonyl (C=O) groups is 3. The van der Waals surface area contributed by atoms with E-state index in [9.17, 15) is 14.4 Å². The van der Waals surface area contributed by atoms with Crippen LogP contribution < -0.4 is 16.4 Å². The summed E-state index contributed by atoms with van der Waals surface area (Å²) < 4.78 is 0. The first-order valence-corrected chi connectivity index (χ1v) is 7.92. The summed E-state index contributed by atoms with van der Waals surface area (Å²) >= 11 is 0. The van der Waals surface area contributed by atoms with E-state index in [0.29, 0.717) is 22.9 Å². The molecule has 1 aliphatic rings. The minimum atomic E-state index is -0.633. The quantitative estimate of drug-likeness (QED) is 0.774. The largest absolute Gasteiger partial charge is 0.364 e. The normalized spacial score (nSPS) is 18.3. The van der Waals surface area contributed by atoms with Crippen molar-refractivity contribution in [3.63, 3.8) is 0 Å². The number of nitrogens with zero attached hydrogens (tertiary/aromatic N) is 1. The fourth-order valence-corrected chi connectivity index (χ4v) is 2.48. The van der Waals surface area contributed by atoms with Crippen LogP contribution in [0.25, 0.3) is 0 Å². The van der Waals surface area contributed by atoms with Gasteiger partial charge < -0.3 is 16.4 Å². The zero-order chi connectivity index (χ0) is 18.0. The molecule has 0 saturated heterocycles. The molecule has 1 fully saturated rings. The van der Waals surface area contributed by atoms with E-state index in [-0.39, 0.29) is 23.4 Å². The molecule has 2 atom stereocenters. The molecule has 1 heterocycles. The molecule has 1 saturated carbocycles. The Labute approximate surface area is 144 Å². The van der Waals surface area contributed by atoms with Crippen LogP contribution in [0, 0.1) is 11.8 Å². The van der Waals surface area contributed by atoms with Gasteiger partial charge in [0.25, 0.3) is 11.8 Å². The molecule has 4 N–H and O–H groups in total. The average molecular weight is 338 g/mol. The first-order valence-electron chi connectivity index (χ1n) is 7.92. The third kappa shape index (κ3) is 4.00. The fraction of sp³-hybridized carbons (Fsp3) is 0.222. The van der Waals surface area contributed by atoms with Gasteiger partial charge in [-0.25, -0.2) is 4.98 Å². The zero-order valence-electron chi connectivity index (χ0n) is 13.7. The van der Waals surface area contributed by atoms with Gasteiger partial charge in [-0.05, 0) is 42.7 Å². The molecule has 0 radical (unpaired) electrons. The Bertz CT molecular complexity index is 832. The number of hydrogen-bond acceptors (Lipinski definition) is 4. The van der Waals surface area contributed by atoms with E-state index in [4.69, 9.17) is 5.73 Å². The topological polar surface area (TPSA) is 114 Å². The highest BCUT2D eigenvalue weighted by Gasteiger charge is 2.39. The predicted octanol–water partition coefficient (Wildman–Crippen LogP) is 2.03. The third-order valence-electron chi connectivity index (χ3n) is 4.11. The number of aromatic nitrogens is 1. The van der Waals surface area contributed by atoms with Crippen LogP contribution in [0.1, 0.15) is 34.2 Å². The van der Waals surface area contributed by atoms with E-state index in [1.807, 2.05) is 6.92 Å². The van der Waals surface area contributed by atoms with E-state index in [1.54, 1.807) is 30.3 Å². The van der Waals surface area contributed by atoms with E-state index >= 15 is 0 Å². The second-order valence-corrected chi connectivity index (χ2v) is 6.14. The molecule has 0 unspecified atom stereocenters. The summed E-state index contributed by atoms with van der Waals surface area (Å²) in [5.74, 6) is -0.512. The van der Waals surface area contributed by atoms with Crippen molar-refractivity contribution in [1.82, 2.24) is 4.98 Å². The Morgan fingerprint density at radius 2 is 1.88 bits per heavy atom. The number of rotatable bonds is 5. The van der Waals surface area contributed by atoms with Crippen LogP contribution in [0.4, 0.5) is 11.4 Å². The molecule has 1 aromatic heterocycles. The maximum atomic E-state index is 12.3. The average Bonchev–Trinajstić information content (AvgIpc) is 3.32. The van der Waals surface area contributed by atoms with Gasteiger partial charge in [-0.2, -0.15) is 0 Å². The second kappa shape index (κ2) is 6.72. The molecular weight excluding hydrogens is 320 g/mol. The van der Waals surface area contributed by atoms with Gasteiger partial charge in [-0.3, -0.25) is 14.4 Å². The SMILES string of the molecule is C[C@@H]1C[C@@H]1C(=O)Nc1cccc(C(=O)Nc2ccc(C(N)=O)nc2)c1. The summed E-state index contributed by atoms with van der Waals surface area (Å²) in [6, 6.07) is 9.69. The summed E-state index contributed by atoms with van der Waals surface area (Å²) in [6.07, 6.45) is 2.26. The predicted molar refractivity (Wildman–Crippen MR) is 93.1 cm³/mol. The van der Waals surface area contributed by atoms with Gasteiger partial charge in [0, 0.05) is 17.2 Å². The molecule has 128 valence electrons. The summed E-state index contributed by atoms with van der Waals surface area (Å²) in [4.78, 5) is 39.2. The molecule has 0 spiro atoms. The maximum Gasteiger partial charge on any atom is 0.267 e. The molecule has 25 heavy (non-hydrogen) atoms. The van der Waals surface area contributed by atoms with Gasteiger partial charge in [0.05, 0.1) is 11.9 Å². The van der Waals surface area contributed by atoms with Crippen LogP contribution in [0.2, 0.25) is 0 Å². The van der Waals surface area contributed by atoms with Gasteiger partial charge in [-0.1, -0.05) is 13.0 Å². The highest BCUT2D eigenvalue weighted by molar-refractivity contribution is 6.05. The van der Waals surface area contributed by atoms with Gasteiger partial charge in [0.1, 0.15) is 5.69 Å². The van der Waals surface area contributed by atoms with Crippen molar-refractivity contribution in [3.05, 3.63) is 53.9 Å². The summed E-state index contributed by atoms with van der Waals surface area (Å²) in [7, 11) is 0.